The van der Waals surface area contributed by atoms with Crippen LogP contribution in [0, 0.1) is 5.82 Å². The number of thiazole rings is 1. The average molecular weight is 354 g/mol. The number of carbonyl (C=O) groups excluding carboxylic acids is 1. The van der Waals surface area contributed by atoms with Gasteiger partial charge in [-0.3, -0.25) is 4.79 Å². The van der Waals surface area contributed by atoms with Crippen LogP contribution in [0.5, 0.6) is 0 Å². The van der Waals surface area contributed by atoms with Gasteiger partial charge in [0.25, 0.3) is 0 Å². The normalized spacial score (nSPS) is 11.6. The minimum absolute atomic E-state index is 0.180. The summed E-state index contributed by atoms with van der Waals surface area (Å²) >= 11 is 3.18. The number of hydrogen-bond donors (Lipinski definition) is 0. The average Bonchev–Trinajstić information content (AvgIpc) is 2.77. The minimum atomic E-state index is -4.62. The van der Waals surface area contributed by atoms with Crippen LogP contribution in [0.15, 0.2) is 28.9 Å². The fourth-order valence-electron chi connectivity index (χ4n) is 1.35. The van der Waals surface area contributed by atoms with E-state index in [-0.39, 0.29) is 26.3 Å². The molecule has 2 aromatic rings. The van der Waals surface area contributed by atoms with Crippen molar-refractivity contribution in [1.29, 1.82) is 0 Å². The second-order valence-electron chi connectivity index (χ2n) is 3.45. The molecule has 1 aromatic carbocycles. The molecular weight excluding hydrogens is 350 g/mol. The van der Waals surface area contributed by atoms with Crippen LogP contribution in [-0.2, 0) is 6.18 Å². The van der Waals surface area contributed by atoms with Crippen molar-refractivity contribution in [3.05, 3.63) is 50.1 Å². The summed E-state index contributed by atoms with van der Waals surface area (Å²) < 4.78 is 50.9. The SMILES string of the molecule is O=C(c1cnc(C(F)(F)F)s1)c1c(F)cccc1Br. The molecule has 0 fully saturated rings. The number of benzene rings is 1. The van der Waals surface area contributed by atoms with Gasteiger partial charge in [-0.1, -0.05) is 6.07 Å². The van der Waals surface area contributed by atoms with Gasteiger partial charge in [0.1, 0.15) is 5.82 Å². The largest absolute Gasteiger partial charge is 0.443 e. The maximum Gasteiger partial charge on any atom is 0.443 e. The van der Waals surface area contributed by atoms with Gasteiger partial charge in [-0.25, -0.2) is 9.37 Å². The van der Waals surface area contributed by atoms with Gasteiger partial charge in [0.05, 0.1) is 10.4 Å². The monoisotopic (exact) mass is 353 g/mol. The Morgan fingerprint density at radius 1 is 1.32 bits per heavy atom. The van der Waals surface area contributed by atoms with Gasteiger partial charge in [0.15, 0.2) is 5.01 Å². The molecule has 0 aliphatic carbocycles. The van der Waals surface area contributed by atoms with Gasteiger partial charge in [-0.2, -0.15) is 13.2 Å². The molecular formula is C11H4BrF4NOS. The standard InChI is InChI=1S/C11H4BrF4NOS/c12-5-2-1-3-6(13)8(5)9(18)7-4-17-10(19-7)11(14,15)16/h1-4H. The Morgan fingerprint density at radius 2 is 2.00 bits per heavy atom. The van der Waals surface area contributed by atoms with Gasteiger partial charge in [-0.15, -0.1) is 11.3 Å². The maximum atomic E-state index is 13.5. The Hall–Kier alpha value is -1.28. The van der Waals surface area contributed by atoms with E-state index in [1.54, 1.807) is 0 Å². The number of aromatic nitrogens is 1. The van der Waals surface area contributed by atoms with E-state index >= 15 is 0 Å². The topological polar surface area (TPSA) is 30.0 Å². The third-order valence-electron chi connectivity index (χ3n) is 2.16. The summed E-state index contributed by atoms with van der Waals surface area (Å²) in [6.07, 6.45) is -3.82. The van der Waals surface area contributed by atoms with Crippen molar-refractivity contribution in [2.24, 2.45) is 0 Å². The number of alkyl halides is 3. The van der Waals surface area contributed by atoms with E-state index in [4.69, 9.17) is 0 Å². The highest BCUT2D eigenvalue weighted by Gasteiger charge is 2.35. The molecule has 0 unspecified atom stereocenters. The molecule has 0 amide bonds. The Balaban J connectivity index is 2.43. The van der Waals surface area contributed by atoms with E-state index in [1.165, 1.54) is 12.1 Å². The van der Waals surface area contributed by atoms with E-state index in [0.717, 1.165) is 12.3 Å². The summed E-state index contributed by atoms with van der Waals surface area (Å²) in [5.41, 5.74) is -0.306. The summed E-state index contributed by atoms with van der Waals surface area (Å²) in [6, 6.07) is 3.87. The van der Waals surface area contributed by atoms with Crippen molar-refractivity contribution >= 4 is 33.0 Å². The predicted molar refractivity (Wildman–Crippen MR) is 64.6 cm³/mol. The molecule has 0 aliphatic rings. The van der Waals surface area contributed by atoms with Crippen LogP contribution in [0.25, 0.3) is 0 Å². The fraction of sp³-hybridized carbons (Fsp3) is 0.0909. The van der Waals surface area contributed by atoms with Crippen molar-refractivity contribution in [3.8, 4) is 0 Å². The van der Waals surface area contributed by atoms with Crippen LogP contribution < -0.4 is 0 Å². The van der Waals surface area contributed by atoms with Crippen molar-refractivity contribution in [2.45, 2.75) is 6.18 Å². The molecule has 2 rings (SSSR count). The zero-order chi connectivity index (χ0) is 14.2. The summed E-state index contributed by atoms with van der Waals surface area (Å²) in [7, 11) is 0. The molecule has 1 aromatic heterocycles. The summed E-state index contributed by atoms with van der Waals surface area (Å²) in [5, 5.41) is -1.14. The van der Waals surface area contributed by atoms with Crippen LogP contribution in [0.4, 0.5) is 17.6 Å². The smallest absolute Gasteiger partial charge is 0.287 e. The molecule has 0 N–H and O–H groups in total. The second-order valence-corrected chi connectivity index (χ2v) is 5.34. The van der Waals surface area contributed by atoms with Crippen molar-refractivity contribution in [3.63, 3.8) is 0 Å². The van der Waals surface area contributed by atoms with Crippen LogP contribution in [0.3, 0.4) is 0 Å². The Bertz CT molecular complexity index is 618. The molecule has 19 heavy (non-hydrogen) atoms. The number of ketones is 1. The summed E-state index contributed by atoms with van der Waals surface area (Å²) in [4.78, 5) is 14.8. The van der Waals surface area contributed by atoms with Gasteiger partial charge in [-0.05, 0) is 28.1 Å². The molecule has 1 heterocycles. The first-order valence-corrected chi connectivity index (χ1v) is 6.43. The predicted octanol–water partition coefficient (Wildman–Crippen LogP) is 4.29. The lowest BCUT2D eigenvalue weighted by molar-refractivity contribution is -0.137. The molecule has 0 aliphatic heterocycles. The highest BCUT2D eigenvalue weighted by Crippen LogP contribution is 2.34. The lowest BCUT2D eigenvalue weighted by Crippen LogP contribution is -2.04. The van der Waals surface area contributed by atoms with Gasteiger partial charge in [0, 0.05) is 10.7 Å². The van der Waals surface area contributed by atoms with Crippen LogP contribution in [-0.4, -0.2) is 10.8 Å². The first-order chi connectivity index (χ1) is 8.80. The van der Waals surface area contributed by atoms with Gasteiger partial charge >= 0.3 is 6.18 Å². The Morgan fingerprint density at radius 3 is 2.53 bits per heavy atom. The number of rotatable bonds is 2. The minimum Gasteiger partial charge on any atom is -0.287 e. The molecule has 2 nitrogen and oxygen atoms in total. The molecule has 0 atom stereocenters. The van der Waals surface area contributed by atoms with Crippen LogP contribution >= 0.6 is 27.3 Å². The summed E-state index contributed by atoms with van der Waals surface area (Å²) in [6.45, 7) is 0. The van der Waals surface area contributed by atoms with Crippen molar-refractivity contribution < 1.29 is 22.4 Å². The van der Waals surface area contributed by atoms with E-state index in [0.29, 0.717) is 0 Å². The zero-order valence-corrected chi connectivity index (χ0v) is 11.4. The van der Waals surface area contributed by atoms with Gasteiger partial charge < -0.3 is 0 Å². The number of hydrogen-bond acceptors (Lipinski definition) is 3. The van der Waals surface area contributed by atoms with Crippen molar-refractivity contribution in [1.82, 2.24) is 4.98 Å². The Labute approximate surface area is 117 Å². The second kappa shape index (κ2) is 5.01. The molecule has 0 bridgehead atoms. The fourth-order valence-corrected chi connectivity index (χ4v) is 2.60. The summed E-state index contributed by atoms with van der Waals surface area (Å²) in [5.74, 6) is -1.64. The van der Waals surface area contributed by atoms with Gasteiger partial charge in [0.2, 0.25) is 5.78 Å². The first kappa shape index (κ1) is 14.1. The lowest BCUT2D eigenvalue weighted by Gasteiger charge is -2.03. The Kier molecular flexibility index (Phi) is 3.73. The van der Waals surface area contributed by atoms with Crippen molar-refractivity contribution in [2.75, 3.05) is 0 Å². The maximum absolute atomic E-state index is 13.5. The number of halogens is 5. The zero-order valence-electron chi connectivity index (χ0n) is 8.96. The molecule has 8 heteroatoms. The van der Waals surface area contributed by atoms with Crippen LogP contribution in [0.2, 0.25) is 0 Å². The van der Waals surface area contributed by atoms with Crippen LogP contribution in [0.1, 0.15) is 20.2 Å². The first-order valence-electron chi connectivity index (χ1n) is 4.82. The quantitative estimate of drug-likeness (QED) is 0.595. The lowest BCUT2D eigenvalue weighted by atomic mass is 10.1. The molecule has 0 spiro atoms. The van der Waals surface area contributed by atoms with E-state index in [2.05, 4.69) is 20.9 Å². The van der Waals surface area contributed by atoms with E-state index in [1.807, 2.05) is 0 Å². The molecule has 0 saturated heterocycles. The molecule has 100 valence electrons. The highest BCUT2D eigenvalue weighted by molar-refractivity contribution is 9.10. The number of carbonyl (C=O) groups is 1. The number of nitrogens with zero attached hydrogens (tertiary/aromatic N) is 1. The third kappa shape index (κ3) is 2.84. The van der Waals surface area contributed by atoms with E-state index < -0.39 is 22.8 Å². The highest BCUT2D eigenvalue weighted by atomic mass is 79.9. The van der Waals surface area contributed by atoms with E-state index in [9.17, 15) is 22.4 Å². The molecule has 0 saturated carbocycles. The third-order valence-corrected chi connectivity index (χ3v) is 3.86. The molecule has 0 radical (unpaired) electrons.